The molecule has 1 fully saturated rings. The molecule has 0 saturated carbocycles. The van der Waals surface area contributed by atoms with Gasteiger partial charge in [0.1, 0.15) is 29.8 Å². The predicted molar refractivity (Wildman–Crippen MR) is 133 cm³/mol. The minimum Gasteiger partial charge on any atom is -0.462 e. The Hall–Kier alpha value is -2.41. The first kappa shape index (κ1) is 28.2. The summed E-state index contributed by atoms with van der Waals surface area (Å²) in [5.74, 6) is -0.230. The lowest BCUT2D eigenvalue weighted by Crippen LogP contribution is -2.43. The van der Waals surface area contributed by atoms with Gasteiger partial charge in [0.2, 0.25) is 0 Å². The second kappa shape index (κ2) is 11.3. The molecule has 1 aromatic heterocycles. The van der Waals surface area contributed by atoms with Gasteiger partial charge in [-0.05, 0) is 57.7 Å². The lowest BCUT2D eigenvalue weighted by atomic mass is 9.98. The number of aliphatic hydroxyl groups excluding tert-OH is 1. The van der Waals surface area contributed by atoms with Gasteiger partial charge in [-0.15, -0.1) is 0 Å². The van der Waals surface area contributed by atoms with Gasteiger partial charge in [0.15, 0.2) is 11.9 Å². The second-order valence-corrected chi connectivity index (χ2v) is 11.8. The Morgan fingerprint density at radius 1 is 1.36 bits per heavy atom. The number of aromatic nitrogens is 2. The molecule has 2 heterocycles. The number of para-hydroxylation sites is 1. The van der Waals surface area contributed by atoms with Crippen molar-refractivity contribution < 1.29 is 32.8 Å². The van der Waals surface area contributed by atoms with Gasteiger partial charge in [-0.1, -0.05) is 18.2 Å². The molecule has 0 bridgehead atoms. The van der Waals surface area contributed by atoms with Crippen molar-refractivity contribution in [2.75, 3.05) is 12.3 Å². The number of ether oxygens (including phenoxy) is 2. The van der Waals surface area contributed by atoms with Gasteiger partial charge < -0.3 is 29.4 Å². The molecule has 11 nitrogen and oxygen atoms in total. The van der Waals surface area contributed by atoms with Crippen LogP contribution in [0, 0.1) is 0 Å². The average Bonchev–Trinajstić information content (AvgIpc) is 3.01. The van der Waals surface area contributed by atoms with E-state index in [1.165, 1.54) is 12.3 Å². The summed E-state index contributed by atoms with van der Waals surface area (Å²) >= 11 is 5.62. The van der Waals surface area contributed by atoms with Gasteiger partial charge >= 0.3 is 18.3 Å². The van der Waals surface area contributed by atoms with E-state index in [0.29, 0.717) is 5.75 Å². The number of halogens is 1. The quantitative estimate of drug-likeness (QED) is 0.298. The van der Waals surface area contributed by atoms with Crippen molar-refractivity contribution in [2.24, 2.45) is 0 Å². The van der Waals surface area contributed by atoms with Crippen LogP contribution < -0.4 is 21.0 Å². The van der Waals surface area contributed by atoms with Gasteiger partial charge in [-0.25, -0.2) is 14.3 Å². The Kier molecular flexibility index (Phi) is 8.86. The van der Waals surface area contributed by atoms with Gasteiger partial charge in [0.05, 0.1) is 12.7 Å². The summed E-state index contributed by atoms with van der Waals surface area (Å²) < 4.78 is 39.0. The van der Waals surface area contributed by atoms with Crippen molar-refractivity contribution in [2.45, 2.75) is 63.9 Å². The molecule has 2 aromatic rings. The number of nitrogens with two attached hydrogens (primary N) is 1. The zero-order valence-corrected chi connectivity index (χ0v) is 21.9. The first-order chi connectivity index (χ1) is 16.8. The lowest BCUT2D eigenvalue weighted by molar-refractivity contribution is -0.149. The minimum absolute atomic E-state index is 0.0369. The summed E-state index contributed by atoms with van der Waals surface area (Å²) in [5.41, 5.74) is 2.29. The van der Waals surface area contributed by atoms with Crippen LogP contribution in [-0.4, -0.2) is 57.3 Å². The molecule has 0 spiro atoms. The van der Waals surface area contributed by atoms with Crippen LogP contribution in [0.1, 0.15) is 33.9 Å². The number of carbonyl (C=O) groups excluding carboxylic acids is 1. The third-order valence-electron chi connectivity index (χ3n) is 5.26. The van der Waals surface area contributed by atoms with Crippen LogP contribution in [0.4, 0.5) is 10.2 Å². The SMILES string of the molecule is CC(C)OC(=O)[C@H](C)NP(=S)(OC[C@H]1O[C@@H](n2ccc(N)nc2=O)[C@](C)(F)[C@@H]1O)Oc1ccccc1. The first-order valence-corrected chi connectivity index (χ1v) is 13.8. The summed E-state index contributed by atoms with van der Waals surface area (Å²) in [6.07, 6.45) is -3.52. The number of aliphatic hydroxyl groups is 1. The Morgan fingerprint density at radius 3 is 2.64 bits per heavy atom. The molecule has 4 N–H and O–H groups in total. The van der Waals surface area contributed by atoms with Crippen molar-refractivity contribution >= 4 is 30.2 Å². The molecular weight excluding hydrogens is 514 g/mol. The van der Waals surface area contributed by atoms with Crippen LogP contribution in [0.5, 0.6) is 5.75 Å². The van der Waals surface area contributed by atoms with Gasteiger partial charge in [0, 0.05) is 6.20 Å². The molecule has 6 atom stereocenters. The lowest BCUT2D eigenvalue weighted by Gasteiger charge is -2.28. The van der Waals surface area contributed by atoms with Gasteiger partial charge in [-0.3, -0.25) is 9.36 Å². The molecule has 3 rings (SSSR count). The fourth-order valence-electron chi connectivity index (χ4n) is 3.46. The van der Waals surface area contributed by atoms with E-state index in [4.69, 9.17) is 36.1 Å². The summed E-state index contributed by atoms with van der Waals surface area (Å²) in [6.45, 7) is 2.21. The number of benzene rings is 1. The van der Waals surface area contributed by atoms with Crippen molar-refractivity contribution in [3.05, 3.63) is 53.1 Å². The predicted octanol–water partition coefficient (Wildman–Crippen LogP) is 2.06. The molecule has 1 aromatic carbocycles. The average molecular weight is 545 g/mol. The minimum atomic E-state index is -3.45. The second-order valence-electron chi connectivity index (χ2n) is 8.70. The van der Waals surface area contributed by atoms with Crippen molar-refractivity contribution in [3.63, 3.8) is 0 Å². The number of hydrogen-bond donors (Lipinski definition) is 3. The Labute approximate surface area is 212 Å². The molecule has 198 valence electrons. The van der Waals surface area contributed by atoms with Crippen molar-refractivity contribution in [3.8, 4) is 5.75 Å². The fraction of sp³-hybridized carbons (Fsp3) is 0.500. The highest BCUT2D eigenvalue weighted by molar-refractivity contribution is 8.09. The topological polar surface area (TPSA) is 147 Å². The van der Waals surface area contributed by atoms with Crippen LogP contribution in [0.15, 0.2) is 47.4 Å². The molecule has 0 radical (unpaired) electrons. The maximum Gasteiger partial charge on any atom is 0.351 e. The van der Waals surface area contributed by atoms with E-state index >= 15 is 4.39 Å². The number of anilines is 1. The standard InChI is InChI=1S/C22H30FN4O7PS/c1-13(2)32-19(29)14(3)26-35(36,34-15-8-6-5-7-9-15)31-12-16-18(28)22(4,23)20(33-16)27-11-10-17(24)25-21(27)30/h5-11,13-14,16,18,20,28H,12H2,1-4H3,(H,26,36)(H2,24,25,30)/t14-,16+,18+,20+,22+,35?/m0/s1. The maximum absolute atomic E-state index is 15.5. The number of hydrogen-bond acceptors (Lipinski definition) is 10. The Balaban J connectivity index is 1.79. The highest BCUT2D eigenvalue weighted by Gasteiger charge is 2.55. The summed E-state index contributed by atoms with van der Waals surface area (Å²) in [4.78, 5) is 28.2. The van der Waals surface area contributed by atoms with E-state index in [2.05, 4.69) is 10.1 Å². The molecule has 36 heavy (non-hydrogen) atoms. The van der Waals surface area contributed by atoms with Crippen LogP contribution in [0.3, 0.4) is 0 Å². The largest absolute Gasteiger partial charge is 0.462 e. The van der Waals surface area contributed by atoms with Crippen LogP contribution >= 0.6 is 6.64 Å². The highest BCUT2D eigenvalue weighted by atomic mass is 32.5. The van der Waals surface area contributed by atoms with E-state index in [0.717, 1.165) is 11.5 Å². The first-order valence-electron chi connectivity index (χ1n) is 11.2. The van der Waals surface area contributed by atoms with Crippen LogP contribution in [-0.2, 0) is 30.6 Å². The summed E-state index contributed by atoms with van der Waals surface area (Å²) in [5, 5.41) is 13.5. The normalized spacial score (nSPS) is 26.4. The number of nitrogen functional groups attached to an aromatic ring is 1. The fourth-order valence-corrected chi connectivity index (χ4v) is 5.88. The third-order valence-corrected chi connectivity index (χ3v) is 7.76. The highest BCUT2D eigenvalue weighted by Crippen LogP contribution is 2.47. The van der Waals surface area contributed by atoms with Crippen LogP contribution in [0.2, 0.25) is 0 Å². The van der Waals surface area contributed by atoms with Gasteiger partial charge in [0.25, 0.3) is 0 Å². The molecule has 1 saturated heterocycles. The number of nitrogens with one attached hydrogen (secondary N) is 1. The Bertz CT molecular complexity index is 1170. The van der Waals surface area contributed by atoms with Crippen molar-refractivity contribution in [1.82, 2.24) is 14.6 Å². The maximum atomic E-state index is 15.5. The van der Waals surface area contributed by atoms with E-state index < -0.39 is 55.1 Å². The number of nitrogens with zero attached hydrogens (tertiary/aromatic N) is 2. The summed E-state index contributed by atoms with van der Waals surface area (Å²) in [6, 6.07) is 8.96. The number of alkyl halides is 1. The third kappa shape index (κ3) is 6.67. The van der Waals surface area contributed by atoms with Gasteiger partial charge in [-0.2, -0.15) is 4.98 Å². The van der Waals surface area contributed by atoms with E-state index in [-0.39, 0.29) is 11.9 Å². The Morgan fingerprint density at radius 2 is 2.03 bits per heavy atom. The van der Waals surface area contributed by atoms with E-state index in [9.17, 15) is 14.7 Å². The number of rotatable bonds is 10. The van der Waals surface area contributed by atoms with E-state index in [1.807, 2.05) is 0 Å². The molecule has 0 aliphatic carbocycles. The zero-order valence-electron chi connectivity index (χ0n) is 20.2. The monoisotopic (exact) mass is 544 g/mol. The van der Waals surface area contributed by atoms with E-state index in [1.54, 1.807) is 51.1 Å². The van der Waals surface area contributed by atoms with Crippen molar-refractivity contribution in [1.29, 1.82) is 0 Å². The zero-order chi connectivity index (χ0) is 26.7. The smallest absolute Gasteiger partial charge is 0.351 e. The molecule has 1 unspecified atom stereocenters. The molecule has 14 heteroatoms. The molecule has 0 amide bonds. The number of esters is 1. The molecular formula is C22H30FN4O7PS. The van der Waals surface area contributed by atoms with Crippen LogP contribution in [0.25, 0.3) is 0 Å². The summed E-state index contributed by atoms with van der Waals surface area (Å²) in [7, 11) is 0. The number of carbonyl (C=O) groups is 1. The molecule has 1 aliphatic rings. The molecule has 1 aliphatic heterocycles.